The predicted molar refractivity (Wildman–Crippen MR) is 70.7 cm³/mol. The van der Waals surface area contributed by atoms with Crippen LogP contribution in [0.4, 0.5) is 0 Å². The van der Waals surface area contributed by atoms with Crippen molar-refractivity contribution in [2.45, 2.75) is 25.8 Å². The largest absolute Gasteiger partial charge is 0.324 e. The molecule has 0 spiro atoms. The normalized spacial score (nSPS) is 12.4. The van der Waals surface area contributed by atoms with Crippen molar-refractivity contribution in [3.63, 3.8) is 0 Å². The van der Waals surface area contributed by atoms with Crippen LogP contribution in [0.2, 0.25) is 0 Å². The zero-order valence-electron chi connectivity index (χ0n) is 10.1. The minimum absolute atomic E-state index is 0.0467. The van der Waals surface area contributed by atoms with E-state index in [1.54, 1.807) is 12.4 Å². The first-order valence-corrected chi connectivity index (χ1v) is 6.03. The van der Waals surface area contributed by atoms with E-state index in [0.717, 1.165) is 18.4 Å². The molecule has 1 aromatic carbocycles. The third-order valence-corrected chi connectivity index (χ3v) is 3.02. The topological polar surface area (TPSA) is 38.9 Å². The summed E-state index contributed by atoms with van der Waals surface area (Å²) >= 11 is 0. The maximum atomic E-state index is 6.17. The molecular formula is C15H18N2. The Morgan fingerprint density at radius 3 is 2.18 bits per heavy atom. The smallest absolute Gasteiger partial charge is 0.0336 e. The van der Waals surface area contributed by atoms with Crippen LogP contribution in [0, 0.1) is 0 Å². The third kappa shape index (κ3) is 3.14. The van der Waals surface area contributed by atoms with Crippen molar-refractivity contribution in [3.8, 4) is 0 Å². The summed E-state index contributed by atoms with van der Waals surface area (Å²) in [7, 11) is 0. The number of nitrogens with two attached hydrogens (primary N) is 1. The van der Waals surface area contributed by atoms with Gasteiger partial charge in [-0.1, -0.05) is 31.2 Å². The molecule has 1 aromatic heterocycles. The average Bonchev–Trinajstić information content (AvgIpc) is 2.40. The van der Waals surface area contributed by atoms with Gasteiger partial charge < -0.3 is 5.73 Å². The van der Waals surface area contributed by atoms with Crippen LogP contribution in [-0.4, -0.2) is 4.98 Å². The lowest BCUT2D eigenvalue weighted by Gasteiger charge is -2.12. The molecule has 1 unspecified atom stereocenters. The van der Waals surface area contributed by atoms with E-state index in [-0.39, 0.29) is 6.04 Å². The second-order valence-corrected chi connectivity index (χ2v) is 4.26. The van der Waals surface area contributed by atoms with Gasteiger partial charge in [0.25, 0.3) is 0 Å². The molecule has 17 heavy (non-hydrogen) atoms. The van der Waals surface area contributed by atoms with Crippen LogP contribution < -0.4 is 5.73 Å². The second kappa shape index (κ2) is 5.60. The zero-order valence-corrected chi connectivity index (χ0v) is 10.1. The maximum absolute atomic E-state index is 6.17. The lowest BCUT2D eigenvalue weighted by molar-refractivity contribution is 0.720. The summed E-state index contributed by atoms with van der Waals surface area (Å²) in [5.74, 6) is 0. The summed E-state index contributed by atoms with van der Waals surface area (Å²) in [5.41, 5.74) is 9.96. The van der Waals surface area contributed by atoms with Crippen molar-refractivity contribution in [2.24, 2.45) is 5.73 Å². The number of hydrogen-bond acceptors (Lipinski definition) is 2. The first-order valence-electron chi connectivity index (χ1n) is 6.03. The molecule has 0 amide bonds. The Morgan fingerprint density at radius 1 is 1.00 bits per heavy atom. The number of nitrogens with zero attached hydrogens (tertiary/aromatic N) is 1. The van der Waals surface area contributed by atoms with Crippen molar-refractivity contribution in [1.82, 2.24) is 4.98 Å². The first-order chi connectivity index (χ1) is 8.29. The molecule has 2 heteroatoms. The predicted octanol–water partition coefficient (Wildman–Crippen LogP) is 2.89. The molecule has 0 aliphatic heterocycles. The Bertz CT molecular complexity index is 448. The van der Waals surface area contributed by atoms with Crippen molar-refractivity contribution >= 4 is 0 Å². The minimum atomic E-state index is 0.0467. The van der Waals surface area contributed by atoms with Gasteiger partial charge in [-0.3, -0.25) is 4.98 Å². The van der Waals surface area contributed by atoms with E-state index in [4.69, 9.17) is 5.73 Å². The van der Waals surface area contributed by atoms with E-state index in [2.05, 4.69) is 36.2 Å². The highest BCUT2D eigenvalue weighted by Gasteiger charge is 2.06. The number of aromatic nitrogens is 1. The quantitative estimate of drug-likeness (QED) is 0.870. The van der Waals surface area contributed by atoms with E-state index in [9.17, 15) is 0 Å². The Labute approximate surface area is 103 Å². The van der Waals surface area contributed by atoms with Gasteiger partial charge in [-0.05, 0) is 41.7 Å². The molecule has 2 rings (SSSR count). The van der Waals surface area contributed by atoms with E-state index in [1.165, 1.54) is 11.1 Å². The summed E-state index contributed by atoms with van der Waals surface area (Å²) < 4.78 is 0. The van der Waals surface area contributed by atoms with Gasteiger partial charge in [-0.2, -0.15) is 0 Å². The second-order valence-electron chi connectivity index (χ2n) is 4.26. The average molecular weight is 226 g/mol. The van der Waals surface area contributed by atoms with Crippen LogP contribution in [0.3, 0.4) is 0 Å². The molecule has 2 nitrogen and oxygen atoms in total. The number of benzene rings is 1. The minimum Gasteiger partial charge on any atom is -0.324 e. The van der Waals surface area contributed by atoms with Crippen LogP contribution in [0.5, 0.6) is 0 Å². The molecule has 0 bridgehead atoms. The standard InChI is InChI=1S/C15H18N2/c1-2-12-3-5-13(6-4-12)11-15(16)14-7-9-17-10-8-14/h3-10,15H,2,11,16H2,1H3. The summed E-state index contributed by atoms with van der Waals surface area (Å²) in [6.07, 6.45) is 5.52. The Morgan fingerprint density at radius 2 is 1.59 bits per heavy atom. The number of rotatable bonds is 4. The Kier molecular flexibility index (Phi) is 3.89. The Balaban J connectivity index is 2.05. The van der Waals surface area contributed by atoms with Gasteiger partial charge in [-0.25, -0.2) is 0 Å². The van der Waals surface area contributed by atoms with Gasteiger partial charge in [0, 0.05) is 18.4 Å². The molecule has 88 valence electrons. The molecular weight excluding hydrogens is 208 g/mol. The molecule has 2 aromatic rings. The molecule has 1 atom stereocenters. The highest BCUT2D eigenvalue weighted by Crippen LogP contribution is 2.15. The summed E-state index contributed by atoms with van der Waals surface area (Å²) in [4.78, 5) is 4.00. The zero-order chi connectivity index (χ0) is 12.1. The maximum Gasteiger partial charge on any atom is 0.0336 e. The van der Waals surface area contributed by atoms with Gasteiger partial charge in [0.2, 0.25) is 0 Å². The van der Waals surface area contributed by atoms with Crippen molar-refractivity contribution in [2.75, 3.05) is 0 Å². The molecule has 0 aliphatic carbocycles. The lowest BCUT2D eigenvalue weighted by Crippen LogP contribution is -2.13. The fourth-order valence-electron chi connectivity index (χ4n) is 1.89. The van der Waals surface area contributed by atoms with Gasteiger partial charge in [0.15, 0.2) is 0 Å². The fraction of sp³-hybridized carbons (Fsp3) is 0.267. The van der Waals surface area contributed by atoms with E-state index in [1.807, 2.05) is 12.1 Å². The summed E-state index contributed by atoms with van der Waals surface area (Å²) in [6, 6.07) is 12.7. The molecule has 2 N–H and O–H groups in total. The van der Waals surface area contributed by atoms with Crippen molar-refractivity contribution in [3.05, 3.63) is 65.5 Å². The number of aryl methyl sites for hydroxylation is 1. The molecule has 1 heterocycles. The summed E-state index contributed by atoms with van der Waals surface area (Å²) in [5, 5.41) is 0. The third-order valence-electron chi connectivity index (χ3n) is 3.02. The molecule has 0 radical (unpaired) electrons. The molecule has 0 saturated carbocycles. The first kappa shape index (κ1) is 11.8. The highest BCUT2D eigenvalue weighted by atomic mass is 14.6. The van der Waals surface area contributed by atoms with Gasteiger partial charge >= 0.3 is 0 Å². The SMILES string of the molecule is CCc1ccc(CC(N)c2ccncc2)cc1. The van der Waals surface area contributed by atoms with Gasteiger partial charge in [0.05, 0.1) is 0 Å². The van der Waals surface area contributed by atoms with E-state index in [0.29, 0.717) is 0 Å². The van der Waals surface area contributed by atoms with Gasteiger partial charge in [0.1, 0.15) is 0 Å². The van der Waals surface area contributed by atoms with Crippen LogP contribution in [0.15, 0.2) is 48.8 Å². The van der Waals surface area contributed by atoms with Crippen LogP contribution in [0.1, 0.15) is 29.7 Å². The van der Waals surface area contributed by atoms with Crippen molar-refractivity contribution < 1.29 is 0 Å². The molecule has 0 aliphatic rings. The monoisotopic (exact) mass is 226 g/mol. The fourth-order valence-corrected chi connectivity index (χ4v) is 1.89. The van der Waals surface area contributed by atoms with Crippen LogP contribution >= 0.6 is 0 Å². The van der Waals surface area contributed by atoms with E-state index >= 15 is 0 Å². The van der Waals surface area contributed by atoms with Gasteiger partial charge in [-0.15, -0.1) is 0 Å². The molecule has 0 saturated heterocycles. The van der Waals surface area contributed by atoms with Crippen LogP contribution in [0.25, 0.3) is 0 Å². The number of hydrogen-bond donors (Lipinski definition) is 1. The number of pyridine rings is 1. The highest BCUT2D eigenvalue weighted by molar-refractivity contribution is 5.25. The Hall–Kier alpha value is -1.67. The van der Waals surface area contributed by atoms with Crippen molar-refractivity contribution in [1.29, 1.82) is 0 Å². The summed E-state index contributed by atoms with van der Waals surface area (Å²) in [6.45, 7) is 2.16. The molecule has 0 fully saturated rings. The van der Waals surface area contributed by atoms with E-state index < -0.39 is 0 Å². The van der Waals surface area contributed by atoms with Crippen LogP contribution in [-0.2, 0) is 12.8 Å². The lowest BCUT2D eigenvalue weighted by atomic mass is 9.99.